The predicted molar refractivity (Wildman–Crippen MR) is 82.7 cm³/mol. The molecule has 1 saturated heterocycles. The van der Waals surface area contributed by atoms with E-state index >= 15 is 0 Å². The molecule has 1 fully saturated rings. The number of nitrogens with zero attached hydrogens (tertiary/aromatic N) is 1. The van der Waals surface area contributed by atoms with E-state index in [1.54, 1.807) is 0 Å². The molecule has 0 aromatic carbocycles. The van der Waals surface area contributed by atoms with Crippen LogP contribution in [0.15, 0.2) is 0 Å². The van der Waals surface area contributed by atoms with Crippen LogP contribution in [0.2, 0.25) is 0 Å². The van der Waals surface area contributed by atoms with Crippen LogP contribution in [0.1, 0.15) is 60.3 Å². The van der Waals surface area contributed by atoms with Crippen molar-refractivity contribution in [2.75, 3.05) is 13.1 Å². The van der Waals surface area contributed by atoms with Crippen molar-refractivity contribution in [3.63, 3.8) is 0 Å². The van der Waals surface area contributed by atoms with Crippen molar-refractivity contribution in [2.24, 2.45) is 11.3 Å². The first-order chi connectivity index (χ1) is 9.19. The first-order valence-corrected chi connectivity index (χ1v) is 7.92. The van der Waals surface area contributed by atoms with Gasteiger partial charge in [0.1, 0.15) is 0 Å². The quantitative estimate of drug-likeness (QED) is 0.834. The summed E-state index contributed by atoms with van der Waals surface area (Å²) in [6.07, 6.45) is 3.78. The van der Waals surface area contributed by atoms with Crippen molar-refractivity contribution in [2.45, 2.75) is 72.4 Å². The molecule has 20 heavy (non-hydrogen) atoms. The monoisotopic (exact) mass is 284 g/mol. The zero-order valence-electron chi connectivity index (χ0n) is 13.8. The van der Waals surface area contributed by atoms with Gasteiger partial charge >= 0.3 is 6.03 Å². The second kappa shape index (κ2) is 7.30. The molecule has 118 valence electrons. The van der Waals surface area contributed by atoms with Crippen molar-refractivity contribution >= 4 is 6.03 Å². The number of urea groups is 1. The molecule has 2 N–H and O–H groups in total. The third-order valence-electron chi connectivity index (χ3n) is 4.12. The summed E-state index contributed by atoms with van der Waals surface area (Å²) in [4.78, 5) is 14.1. The van der Waals surface area contributed by atoms with Crippen LogP contribution in [-0.2, 0) is 0 Å². The summed E-state index contributed by atoms with van der Waals surface area (Å²) in [6, 6.07) is 0.227. The van der Waals surface area contributed by atoms with Gasteiger partial charge in [0.05, 0.1) is 6.10 Å². The van der Waals surface area contributed by atoms with E-state index in [2.05, 4.69) is 33.0 Å². The molecule has 1 aliphatic heterocycles. The zero-order valence-corrected chi connectivity index (χ0v) is 13.8. The molecule has 1 heterocycles. The second-order valence-electron chi connectivity index (χ2n) is 7.54. The number of rotatable bonds is 4. The van der Waals surface area contributed by atoms with Gasteiger partial charge in [0.15, 0.2) is 0 Å². The molecule has 4 nitrogen and oxygen atoms in total. The van der Waals surface area contributed by atoms with Gasteiger partial charge in [0.25, 0.3) is 0 Å². The largest absolute Gasteiger partial charge is 0.393 e. The van der Waals surface area contributed by atoms with Crippen molar-refractivity contribution in [3.8, 4) is 0 Å². The number of carbonyl (C=O) groups is 1. The van der Waals surface area contributed by atoms with E-state index in [1.165, 1.54) is 0 Å². The lowest BCUT2D eigenvalue weighted by molar-refractivity contribution is 0.0733. The number of likely N-dealkylation sites (tertiary alicyclic amines) is 1. The number of hydrogen-bond donors (Lipinski definition) is 2. The number of amides is 2. The van der Waals surface area contributed by atoms with Crippen LogP contribution in [0, 0.1) is 11.3 Å². The lowest BCUT2D eigenvalue weighted by Crippen LogP contribution is -2.49. The summed E-state index contributed by atoms with van der Waals surface area (Å²) in [6.45, 7) is 12.0. The first kappa shape index (κ1) is 17.3. The Morgan fingerprint density at radius 2 is 2.05 bits per heavy atom. The van der Waals surface area contributed by atoms with Crippen LogP contribution in [0.5, 0.6) is 0 Å². The fourth-order valence-corrected chi connectivity index (χ4v) is 2.61. The predicted octanol–water partition coefficient (Wildman–Crippen LogP) is 3.00. The van der Waals surface area contributed by atoms with Gasteiger partial charge in [0.2, 0.25) is 0 Å². The molecule has 0 radical (unpaired) electrons. The number of piperidine rings is 1. The highest BCUT2D eigenvalue weighted by Crippen LogP contribution is 2.22. The van der Waals surface area contributed by atoms with Crippen LogP contribution >= 0.6 is 0 Å². The number of hydrogen-bond acceptors (Lipinski definition) is 2. The fraction of sp³-hybridized carbons (Fsp3) is 0.938. The van der Waals surface area contributed by atoms with E-state index in [9.17, 15) is 9.90 Å². The molecule has 0 aliphatic carbocycles. The third-order valence-corrected chi connectivity index (χ3v) is 4.12. The van der Waals surface area contributed by atoms with Gasteiger partial charge in [-0.25, -0.2) is 4.79 Å². The molecular formula is C16H32N2O2. The average Bonchev–Trinajstić information content (AvgIpc) is 2.35. The molecular weight excluding hydrogens is 252 g/mol. The lowest BCUT2D eigenvalue weighted by atomic mass is 9.89. The molecule has 0 aromatic rings. The van der Waals surface area contributed by atoms with Gasteiger partial charge in [-0.2, -0.15) is 0 Å². The highest BCUT2D eigenvalue weighted by molar-refractivity contribution is 5.74. The Hall–Kier alpha value is -0.770. The van der Waals surface area contributed by atoms with Gasteiger partial charge in [-0.1, -0.05) is 20.8 Å². The maximum absolute atomic E-state index is 12.2. The Morgan fingerprint density at radius 1 is 1.40 bits per heavy atom. The molecule has 0 aromatic heterocycles. The maximum atomic E-state index is 12.2. The molecule has 0 spiro atoms. The minimum absolute atomic E-state index is 0.0248. The van der Waals surface area contributed by atoms with Crippen LogP contribution in [0.4, 0.5) is 4.79 Å². The summed E-state index contributed by atoms with van der Waals surface area (Å²) in [5, 5.41) is 12.8. The highest BCUT2D eigenvalue weighted by Gasteiger charge is 2.27. The van der Waals surface area contributed by atoms with Crippen molar-refractivity contribution < 1.29 is 9.90 Å². The van der Waals surface area contributed by atoms with Crippen LogP contribution < -0.4 is 5.32 Å². The third kappa shape index (κ3) is 6.12. The Balaban J connectivity index is 2.38. The smallest absolute Gasteiger partial charge is 0.317 e. The van der Waals surface area contributed by atoms with Crippen LogP contribution in [-0.4, -0.2) is 41.3 Å². The molecule has 0 saturated carbocycles. The number of aliphatic hydroxyl groups is 1. The standard InChI is InChI=1S/C16H32N2O2/c1-12(8-9-16(3,4)5)17-15(20)18-10-6-7-14(11-18)13(2)19/h12-14,19H,6-11H2,1-5H3,(H,17,20). The van der Waals surface area contributed by atoms with Gasteiger partial charge in [-0.05, 0) is 44.9 Å². The minimum Gasteiger partial charge on any atom is -0.393 e. The normalized spacial score (nSPS) is 23.3. The van der Waals surface area contributed by atoms with Crippen molar-refractivity contribution in [3.05, 3.63) is 0 Å². The lowest BCUT2D eigenvalue weighted by Gasteiger charge is -2.35. The van der Waals surface area contributed by atoms with E-state index in [0.29, 0.717) is 12.0 Å². The Morgan fingerprint density at radius 3 is 2.60 bits per heavy atom. The SMILES string of the molecule is CC(CCC(C)(C)C)NC(=O)N1CCCC(C(C)O)C1. The Labute approximate surface area is 123 Å². The zero-order chi connectivity index (χ0) is 15.3. The van der Waals surface area contributed by atoms with E-state index in [1.807, 2.05) is 11.8 Å². The Kier molecular flexibility index (Phi) is 6.31. The van der Waals surface area contributed by atoms with Crippen molar-refractivity contribution in [1.29, 1.82) is 0 Å². The molecule has 1 rings (SSSR count). The molecule has 3 unspecified atom stereocenters. The topological polar surface area (TPSA) is 52.6 Å². The van der Waals surface area contributed by atoms with Gasteiger partial charge < -0.3 is 15.3 Å². The minimum atomic E-state index is -0.330. The van der Waals surface area contributed by atoms with Gasteiger partial charge in [0, 0.05) is 25.0 Å². The number of aliphatic hydroxyl groups excluding tert-OH is 1. The average molecular weight is 284 g/mol. The van der Waals surface area contributed by atoms with E-state index in [-0.39, 0.29) is 24.1 Å². The van der Waals surface area contributed by atoms with Crippen LogP contribution in [0.25, 0.3) is 0 Å². The van der Waals surface area contributed by atoms with E-state index in [0.717, 1.165) is 32.2 Å². The van der Waals surface area contributed by atoms with E-state index < -0.39 is 0 Å². The highest BCUT2D eigenvalue weighted by atomic mass is 16.3. The fourth-order valence-electron chi connectivity index (χ4n) is 2.61. The van der Waals surface area contributed by atoms with Crippen molar-refractivity contribution in [1.82, 2.24) is 10.2 Å². The van der Waals surface area contributed by atoms with E-state index in [4.69, 9.17) is 0 Å². The summed E-state index contributed by atoms with van der Waals surface area (Å²) in [5.74, 6) is 0.222. The summed E-state index contributed by atoms with van der Waals surface area (Å²) in [5.41, 5.74) is 0.307. The first-order valence-electron chi connectivity index (χ1n) is 7.92. The molecule has 1 aliphatic rings. The van der Waals surface area contributed by atoms with Gasteiger partial charge in [-0.3, -0.25) is 0 Å². The Bertz CT molecular complexity index is 310. The summed E-state index contributed by atoms with van der Waals surface area (Å²) < 4.78 is 0. The van der Waals surface area contributed by atoms with Gasteiger partial charge in [-0.15, -0.1) is 0 Å². The van der Waals surface area contributed by atoms with Crippen LogP contribution in [0.3, 0.4) is 0 Å². The number of carbonyl (C=O) groups excluding carboxylic acids is 1. The molecule has 0 bridgehead atoms. The molecule has 3 atom stereocenters. The molecule has 2 amide bonds. The molecule has 4 heteroatoms. The number of nitrogens with one attached hydrogen (secondary N) is 1. The second-order valence-corrected chi connectivity index (χ2v) is 7.54. The maximum Gasteiger partial charge on any atom is 0.317 e. The summed E-state index contributed by atoms with van der Waals surface area (Å²) >= 11 is 0. The summed E-state index contributed by atoms with van der Waals surface area (Å²) in [7, 11) is 0.